The largest absolute Gasteiger partial charge is 0.497 e. The molecule has 0 saturated carbocycles. The maximum atomic E-state index is 11.9. The van der Waals surface area contributed by atoms with Crippen molar-refractivity contribution in [1.29, 1.82) is 0 Å². The molecule has 0 spiro atoms. The van der Waals surface area contributed by atoms with Crippen LogP contribution < -0.4 is 14.8 Å². The van der Waals surface area contributed by atoms with E-state index in [9.17, 15) is 14.9 Å². The van der Waals surface area contributed by atoms with E-state index < -0.39 is 10.8 Å². The van der Waals surface area contributed by atoms with Crippen LogP contribution in [-0.4, -0.2) is 25.0 Å². The van der Waals surface area contributed by atoms with Crippen molar-refractivity contribution < 1.29 is 19.2 Å². The lowest BCUT2D eigenvalue weighted by atomic mass is 10.1. The molecule has 0 radical (unpaired) electrons. The van der Waals surface area contributed by atoms with Crippen molar-refractivity contribution in [3.05, 3.63) is 58.1 Å². The van der Waals surface area contributed by atoms with E-state index in [0.717, 1.165) is 0 Å². The van der Waals surface area contributed by atoms with Gasteiger partial charge in [-0.2, -0.15) is 0 Å². The van der Waals surface area contributed by atoms with E-state index in [-0.39, 0.29) is 17.0 Å². The first kappa shape index (κ1) is 15.3. The second-order valence-corrected chi connectivity index (χ2v) is 4.29. The second-order valence-electron chi connectivity index (χ2n) is 4.29. The number of non-ortho nitro benzene ring substituents is 1. The van der Waals surface area contributed by atoms with Crippen LogP contribution in [0, 0.1) is 10.1 Å². The summed E-state index contributed by atoms with van der Waals surface area (Å²) in [6.45, 7) is 0. The minimum Gasteiger partial charge on any atom is -0.497 e. The van der Waals surface area contributed by atoms with Gasteiger partial charge < -0.3 is 14.8 Å². The molecule has 22 heavy (non-hydrogen) atoms. The number of rotatable bonds is 5. The lowest BCUT2D eigenvalue weighted by Gasteiger charge is -2.10. The predicted molar refractivity (Wildman–Crippen MR) is 79.6 cm³/mol. The highest BCUT2D eigenvalue weighted by Crippen LogP contribution is 2.29. The molecule has 0 aliphatic rings. The molecule has 0 bridgehead atoms. The lowest BCUT2D eigenvalue weighted by Crippen LogP contribution is -2.18. The fraction of sp³-hybridized carbons (Fsp3) is 0.133. The quantitative estimate of drug-likeness (QED) is 0.677. The first-order valence-electron chi connectivity index (χ1n) is 6.37. The Kier molecular flexibility index (Phi) is 4.57. The fourth-order valence-corrected chi connectivity index (χ4v) is 1.80. The number of benzene rings is 2. The average molecular weight is 302 g/mol. The summed E-state index contributed by atoms with van der Waals surface area (Å²) >= 11 is 0. The molecule has 0 saturated heterocycles. The number of ether oxygens (including phenoxy) is 2. The molecular weight excluding hydrogens is 288 g/mol. The molecule has 0 heterocycles. The van der Waals surface area contributed by atoms with Gasteiger partial charge in [-0.25, -0.2) is 0 Å². The number of nitrogens with one attached hydrogen (secondary N) is 1. The van der Waals surface area contributed by atoms with Crippen LogP contribution in [-0.2, 0) is 0 Å². The molecule has 0 unspecified atom stereocenters. The fourth-order valence-electron chi connectivity index (χ4n) is 1.80. The van der Waals surface area contributed by atoms with Crippen LogP contribution in [0.5, 0.6) is 17.2 Å². The molecule has 0 aromatic heterocycles. The number of carbonyl (C=O) groups excluding carboxylic acids is 1. The highest BCUT2D eigenvalue weighted by Gasteiger charge is 2.17. The van der Waals surface area contributed by atoms with Gasteiger partial charge in [0.2, 0.25) is 0 Å². The van der Waals surface area contributed by atoms with E-state index in [1.807, 2.05) is 0 Å². The number of nitrogens with zero attached hydrogens (tertiary/aromatic N) is 1. The van der Waals surface area contributed by atoms with Crippen LogP contribution in [0.4, 0.5) is 5.69 Å². The Labute approximate surface area is 126 Å². The SMILES string of the molecule is CNC(=O)c1cc([N+](=O)[O-])ccc1Oc1ccc(OC)cc1. The molecule has 0 atom stereocenters. The Balaban J connectivity index is 2.36. The topological polar surface area (TPSA) is 90.7 Å². The summed E-state index contributed by atoms with van der Waals surface area (Å²) in [5, 5.41) is 13.3. The van der Waals surface area contributed by atoms with Crippen LogP contribution in [0.2, 0.25) is 0 Å². The van der Waals surface area contributed by atoms with E-state index in [1.165, 1.54) is 25.2 Å². The van der Waals surface area contributed by atoms with Crippen LogP contribution in [0.3, 0.4) is 0 Å². The number of carbonyl (C=O) groups is 1. The van der Waals surface area contributed by atoms with Crippen molar-refractivity contribution >= 4 is 11.6 Å². The number of nitro benzene ring substituents is 1. The Hall–Kier alpha value is -3.09. The van der Waals surface area contributed by atoms with Gasteiger partial charge in [-0.1, -0.05) is 0 Å². The van der Waals surface area contributed by atoms with Crippen LogP contribution >= 0.6 is 0 Å². The Morgan fingerprint density at radius 3 is 2.32 bits per heavy atom. The summed E-state index contributed by atoms with van der Waals surface area (Å²) in [6, 6.07) is 10.6. The number of hydrogen-bond acceptors (Lipinski definition) is 5. The van der Waals surface area contributed by atoms with E-state index in [0.29, 0.717) is 11.5 Å². The summed E-state index contributed by atoms with van der Waals surface area (Å²) < 4.78 is 10.7. The molecular formula is C15H14N2O5. The van der Waals surface area contributed by atoms with Crippen LogP contribution in [0.25, 0.3) is 0 Å². The van der Waals surface area contributed by atoms with Crippen molar-refractivity contribution in [2.45, 2.75) is 0 Å². The average Bonchev–Trinajstić information content (AvgIpc) is 2.55. The van der Waals surface area contributed by atoms with E-state index in [1.54, 1.807) is 31.4 Å². The normalized spacial score (nSPS) is 9.91. The molecule has 0 fully saturated rings. The molecule has 0 aliphatic heterocycles. The number of methoxy groups -OCH3 is 1. The molecule has 1 N–H and O–H groups in total. The maximum Gasteiger partial charge on any atom is 0.270 e. The maximum absolute atomic E-state index is 11.9. The smallest absolute Gasteiger partial charge is 0.270 e. The standard InChI is InChI=1S/C15H14N2O5/c1-16-15(18)13-9-10(17(19)20)3-8-14(13)22-12-6-4-11(21-2)5-7-12/h3-9H,1-2H3,(H,16,18). The van der Waals surface area contributed by atoms with Gasteiger partial charge in [0, 0.05) is 19.2 Å². The third kappa shape index (κ3) is 3.32. The summed E-state index contributed by atoms with van der Waals surface area (Å²) in [5.41, 5.74) is -0.0896. The minimum absolute atomic E-state index is 0.0903. The van der Waals surface area contributed by atoms with E-state index in [2.05, 4.69) is 5.32 Å². The number of hydrogen-bond donors (Lipinski definition) is 1. The van der Waals surface area contributed by atoms with Crippen molar-refractivity contribution in [3.8, 4) is 17.2 Å². The van der Waals surface area contributed by atoms with Gasteiger partial charge in [0.25, 0.3) is 11.6 Å². The monoisotopic (exact) mass is 302 g/mol. The lowest BCUT2D eigenvalue weighted by molar-refractivity contribution is -0.384. The highest BCUT2D eigenvalue weighted by molar-refractivity contribution is 5.97. The van der Waals surface area contributed by atoms with Gasteiger partial charge in [0.15, 0.2) is 0 Å². The van der Waals surface area contributed by atoms with Gasteiger partial charge in [-0.15, -0.1) is 0 Å². The van der Waals surface area contributed by atoms with E-state index >= 15 is 0 Å². The van der Waals surface area contributed by atoms with Gasteiger partial charge in [0.1, 0.15) is 17.2 Å². The van der Waals surface area contributed by atoms with Gasteiger partial charge in [0.05, 0.1) is 17.6 Å². The number of nitro groups is 1. The first-order chi connectivity index (χ1) is 10.5. The first-order valence-corrected chi connectivity index (χ1v) is 6.37. The van der Waals surface area contributed by atoms with Gasteiger partial charge in [-0.05, 0) is 30.3 Å². The highest BCUT2D eigenvalue weighted by atomic mass is 16.6. The molecule has 2 aromatic rings. The van der Waals surface area contributed by atoms with Gasteiger partial charge >= 0.3 is 0 Å². The predicted octanol–water partition coefficient (Wildman–Crippen LogP) is 2.76. The molecule has 114 valence electrons. The summed E-state index contributed by atoms with van der Waals surface area (Å²) in [7, 11) is 2.99. The van der Waals surface area contributed by atoms with Crippen molar-refractivity contribution in [2.24, 2.45) is 0 Å². The number of amides is 1. The molecule has 2 aromatic carbocycles. The molecule has 7 heteroatoms. The third-order valence-electron chi connectivity index (χ3n) is 2.93. The minimum atomic E-state index is -0.566. The summed E-state index contributed by atoms with van der Waals surface area (Å²) in [6.07, 6.45) is 0. The van der Waals surface area contributed by atoms with Crippen molar-refractivity contribution in [2.75, 3.05) is 14.2 Å². The molecule has 7 nitrogen and oxygen atoms in total. The molecule has 0 aliphatic carbocycles. The van der Waals surface area contributed by atoms with E-state index in [4.69, 9.17) is 9.47 Å². The van der Waals surface area contributed by atoms with Crippen molar-refractivity contribution in [3.63, 3.8) is 0 Å². The summed E-state index contributed by atoms with van der Waals surface area (Å²) in [5.74, 6) is 0.921. The summed E-state index contributed by atoms with van der Waals surface area (Å²) in [4.78, 5) is 22.1. The zero-order chi connectivity index (χ0) is 16.1. The molecule has 1 amide bonds. The molecule has 2 rings (SSSR count). The zero-order valence-corrected chi connectivity index (χ0v) is 12.0. The van der Waals surface area contributed by atoms with Crippen LogP contribution in [0.1, 0.15) is 10.4 Å². The Morgan fingerprint density at radius 2 is 1.77 bits per heavy atom. The Bertz CT molecular complexity index is 698. The third-order valence-corrected chi connectivity index (χ3v) is 2.93. The van der Waals surface area contributed by atoms with Crippen molar-refractivity contribution in [1.82, 2.24) is 5.32 Å². The zero-order valence-electron chi connectivity index (χ0n) is 12.0. The van der Waals surface area contributed by atoms with Gasteiger partial charge in [-0.3, -0.25) is 14.9 Å². The van der Waals surface area contributed by atoms with Crippen LogP contribution in [0.15, 0.2) is 42.5 Å². The Morgan fingerprint density at radius 1 is 1.14 bits per heavy atom. The second kappa shape index (κ2) is 6.57.